The minimum atomic E-state index is -0.373. The second-order valence-electron chi connectivity index (χ2n) is 4.91. The minimum absolute atomic E-state index is 0.0505. The molecule has 3 N–H and O–H groups in total. The van der Waals surface area contributed by atoms with E-state index < -0.39 is 0 Å². The summed E-state index contributed by atoms with van der Waals surface area (Å²) in [6.07, 6.45) is 1.50. The molecule has 0 aliphatic carbocycles. The van der Waals surface area contributed by atoms with Crippen LogP contribution in [0.3, 0.4) is 0 Å². The fourth-order valence-electron chi connectivity index (χ4n) is 2.24. The van der Waals surface area contributed by atoms with Crippen LogP contribution in [-0.4, -0.2) is 54.6 Å². The van der Waals surface area contributed by atoms with Crippen LogP contribution in [0.25, 0.3) is 0 Å². The van der Waals surface area contributed by atoms with Gasteiger partial charge in [-0.05, 0) is 12.8 Å². The highest BCUT2D eigenvalue weighted by Gasteiger charge is 2.32. The normalized spacial score (nSPS) is 17.8. The van der Waals surface area contributed by atoms with Crippen LogP contribution in [0.5, 0.6) is 0 Å². The molecule has 0 atom stereocenters. The van der Waals surface area contributed by atoms with Crippen molar-refractivity contribution in [3.8, 4) is 0 Å². The van der Waals surface area contributed by atoms with Crippen LogP contribution in [0.4, 0.5) is 11.6 Å². The van der Waals surface area contributed by atoms with Gasteiger partial charge in [-0.25, -0.2) is 9.97 Å². The molecule has 2 heterocycles. The fraction of sp³-hybridized carbons (Fsp3) is 0.692. The first-order valence-electron chi connectivity index (χ1n) is 6.73. The second-order valence-corrected chi connectivity index (χ2v) is 4.91. The van der Waals surface area contributed by atoms with Crippen molar-refractivity contribution in [2.75, 3.05) is 44.6 Å². The molecule has 112 valence electrons. The second kappa shape index (κ2) is 6.83. The summed E-state index contributed by atoms with van der Waals surface area (Å²) in [5.74, 6) is 2.00. The molecule has 2 rings (SSSR count). The summed E-state index contributed by atoms with van der Waals surface area (Å²) in [6.45, 7) is 1.68. The number of hydrogen-bond acceptors (Lipinski definition) is 7. The Morgan fingerprint density at radius 2 is 2.05 bits per heavy atom. The Balaban J connectivity index is 2.19. The molecular weight excluding hydrogens is 260 g/mol. The van der Waals surface area contributed by atoms with E-state index in [1.807, 2.05) is 6.07 Å². The molecule has 0 unspecified atom stereocenters. The van der Waals surface area contributed by atoms with Crippen LogP contribution >= 0.6 is 0 Å². The summed E-state index contributed by atoms with van der Waals surface area (Å²) in [6, 6.07) is 1.83. The number of methoxy groups -OCH3 is 1. The lowest BCUT2D eigenvalue weighted by Gasteiger charge is -2.36. The van der Waals surface area contributed by atoms with Crippen molar-refractivity contribution in [3.63, 3.8) is 0 Å². The molecule has 0 aromatic carbocycles. The average Bonchev–Trinajstić information content (AvgIpc) is 2.48. The van der Waals surface area contributed by atoms with Gasteiger partial charge in [0, 0.05) is 33.4 Å². The number of nitrogens with zero attached hydrogens (tertiary/aromatic N) is 2. The highest BCUT2D eigenvalue weighted by Crippen LogP contribution is 2.25. The molecule has 1 aromatic rings. The molecule has 0 saturated carbocycles. The van der Waals surface area contributed by atoms with Gasteiger partial charge in [-0.3, -0.25) is 0 Å². The van der Waals surface area contributed by atoms with Gasteiger partial charge in [-0.2, -0.15) is 0 Å². The topological polar surface area (TPSA) is 88.5 Å². The molecule has 0 bridgehead atoms. The van der Waals surface area contributed by atoms with Crippen LogP contribution in [0.15, 0.2) is 6.07 Å². The maximum atomic E-state index is 9.70. The van der Waals surface area contributed by atoms with Gasteiger partial charge in [0.2, 0.25) is 0 Å². The summed E-state index contributed by atoms with van der Waals surface area (Å²) in [5.41, 5.74) is -0.373. The molecular formula is C13H22N4O3. The molecule has 0 amide bonds. The largest absolute Gasteiger partial charge is 0.394 e. The Bertz CT molecular complexity index is 436. The van der Waals surface area contributed by atoms with E-state index in [1.54, 1.807) is 14.2 Å². The summed E-state index contributed by atoms with van der Waals surface area (Å²) >= 11 is 0. The van der Waals surface area contributed by atoms with Crippen LogP contribution in [0.1, 0.15) is 18.7 Å². The number of aliphatic hydroxyl groups excluding tert-OH is 1. The van der Waals surface area contributed by atoms with Crippen molar-refractivity contribution < 1.29 is 14.6 Å². The molecule has 1 fully saturated rings. The summed E-state index contributed by atoms with van der Waals surface area (Å²) < 4.78 is 10.4. The average molecular weight is 282 g/mol. The number of aliphatic hydroxyl groups is 1. The van der Waals surface area contributed by atoms with Gasteiger partial charge >= 0.3 is 0 Å². The van der Waals surface area contributed by atoms with E-state index in [0.29, 0.717) is 31.5 Å². The molecule has 1 aromatic heterocycles. The minimum Gasteiger partial charge on any atom is -0.394 e. The molecule has 1 saturated heterocycles. The van der Waals surface area contributed by atoms with E-state index in [9.17, 15) is 5.11 Å². The maximum absolute atomic E-state index is 9.70. The molecule has 7 heteroatoms. The number of ether oxygens (including phenoxy) is 2. The zero-order chi connectivity index (χ0) is 14.4. The summed E-state index contributed by atoms with van der Waals surface area (Å²) in [5, 5.41) is 16.0. The Hall–Kier alpha value is -1.44. The van der Waals surface area contributed by atoms with E-state index in [4.69, 9.17) is 9.47 Å². The standard InChI is InChI=1S/C13H22N4O3/c1-14-10-7-11(16-12(15-10)8-19-2)17-13(9-18)3-5-20-6-4-13/h7,18H,3-6,8-9H2,1-2H3,(H2,14,15,16,17). The molecule has 0 spiro atoms. The smallest absolute Gasteiger partial charge is 0.158 e. The highest BCUT2D eigenvalue weighted by molar-refractivity contribution is 5.48. The SMILES string of the molecule is CNc1cc(NC2(CO)CCOCC2)nc(COC)n1. The van der Waals surface area contributed by atoms with Crippen molar-refractivity contribution in [3.05, 3.63) is 11.9 Å². The number of hydrogen-bond donors (Lipinski definition) is 3. The van der Waals surface area contributed by atoms with Crippen LogP contribution in [-0.2, 0) is 16.1 Å². The molecule has 7 nitrogen and oxygen atoms in total. The van der Waals surface area contributed by atoms with E-state index in [1.165, 1.54) is 0 Å². The third kappa shape index (κ3) is 3.56. The lowest BCUT2D eigenvalue weighted by molar-refractivity contribution is 0.0378. The van der Waals surface area contributed by atoms with Crippen LogP contribution in [0, 0.1) is 0 Å². The van der Waals surface area contributed by atoms with Crippen molar-refractivity contribution >= 4 is 11.6 Å². The molecule has 0 radical (unpaired) electrons. The van der Waals surface area contributed by atoms with Crippen LogP contribution < -0.4 is 10.6 Å². The van der Waals surface area contributed by atoms with Crippen molar-refractivity contribution in [1.82, 2.24) is 9.97 Å². The number of anilines is 2. The first-order valence-corrected chi connectivity index (χ1v) is 6.73. The molecule has 1 aliphatic rings. The van der Waals surface area contributed by atoms with Gasteiger partial charge in [0.05, 0.1) is 12.1 Å². The van der Waals surface area contributed by atoms with E-state index in [-0.39, 0.29) is 12.1 Å². The zero-order valence-corrected chi connectivity index (χ0v) is 12.0. The Labute approximate surface area is 118 Å². The van der Waals surface area contributed by atoms with E-state index >= 15 is 0 Å². The Morgan fingerprint density at radius 1 is 1.35 bits per heavy atom. The maximum Gasteiger partial charge on any atom is 0.158 e. The fourth-order valence-corrected chi connectivity index (χ4v) is 2.24. The van der Waals surface area contributed by atoms with Crippen molar-refractivity contribution in [1.29, 1.82) is 0 Å². The number of aromatic nitrogens is 2. The third-order valence-electron chi connectivity index (χ3n) is 3.45. The highest BCUT2D eigenvalue weighted by atomic mass is 16.5. The first kappa shape index (κ1) is 15.0. The van der Waals surface area contributed by atoms with Gasteiger partial charge in [0.15, 0.2) is 5.82 Å². The zero-order valence-electron chi connectivity index (χ0n) is 12.0. The van der Waals surface area contributed by atoms with Crippen molar-refractivity contribution in [2.45, 2.75) is 25.0 Å². The van der Waals surface area contributed by atoms with Gasteiger partial charge in [0.1, 0.15) is 18.2 Å². The predicted molar refractivity (Wildman–Crippen MR) is 75.8 cm³/mol. The molecule has 1 aliphatic heterocycles. The lowest BCUT2D eigenvalue weighted by Crippen LogP contribution is -2.47. The molecule has 20 heavy (non-hydrogen) atoms. The Kier molecular flexibility index (Phi) is 5.11. The summed E-state index contributed by atoms with van der Waals surface area (Å²) in [4.78, 5) is 8.73. The van der Waals surface area contributed by atoms with Crippen LogP contribution in [0.2, 0.25) is 0 Å². The van der Waals surface area contributed by atoms with Crippen molar-refractivity contribution in [2.24, 2.45) is 0 Å². The van der Waals surface area contributed by atoms with Gasteiger partial charge in [0.25, 0.3) is 0 Å². The first-order chi connectivity index (χ1) is 9.71. The van der Waals surface area contributed by atoms with Gasteiger partial charge < -0.3 is 25.2 Å². The van der Waals surface area contributed by atoms with Gasteiger partial charge in [-0.1, -0.05) is 0 Å². The quantitative estimate of drug-likeness (QED) is 0.704. The Morgan fingerprint density at radius 3 is 2.65 bits per heavy atom. The monoisotopic (exact) mass is 282 g/mol. The number of nitrogens with one attached hydrogen (secondary N) is 2. The predicted octanol–water partition coefficient (Wildman–Crippen LogP) is 0.618. The van der Waals surface area contributed by atoms with E-state index in [0.717, 1.165) is 18.7 Å². The number of rotatable bonds is 6. The van der Waals surface area contributed by atoms with Gasteiger partial charge in [-0.15, -0.1) is 0 Å². The van der Waals surface area contributed by atoms with E-state index in [2.05, 4.69) is 20.6 Å². The summed E-state index contributed by atoms with van der Waals surface area (Å²) in [7, 11) is 3.41. The third-order valence-corrected chi connectivity index (χ3v) is 3.45. The lowest BCUT2D eigenvalue weighted by atomic mass is 9.91.